The van der Waals surface area contributed by atoms with Crippen molar-refractivity contribution in [2.45, 2.75) is 19.3 Å². The Morgan fingerprint density at radius 3 is 2.65 bits per heavy atom. The zero-order valence-corrected chi connectivity index (χ0v) is 11.5. The van der Waals surface area contributed by atoms with Crippen LogP contribution in [-0.4, -0.2) is 5.91 Å². The lowest BCUT2D eigenvalue weighted by molar-refractivity contribution is -0.117. The van der Waals surface area contributed by atoms with Crippen LogP contribution in [0.3, 0.4) is 0 Å². The molecule has 3 rings (SSSR count). The molecule has 1 amide bonds. The molecule has 3 N–H and O–H groups in total. The van der Waals surface area contributed by atoms with E-state index >= 15 is 0 Å². The maximum atomic E-state index is 12.2. The highest BCUT2D eigenvalue weighted by molar-refractivity contribution is 5.95. The maximum Gasteiger partial charge on any atom is 0.228 e. The summed E-state index contributed by atoms with van der Waals surface area (Å²) in [6.45, 7) is 1.94. The van der Waals surface area contributed by atoms with Crippen LogP contribution in [0.4, 0.5) is 11.4 Å². The number of rotatable bonds is 3. The first-order valence-electron chi connectivity index (χ1n) is 6.87. The molecule has 0 aromatic heterocycles. The van der Waals surface area contributed by atoms with Crippen molar-refractivity contribution in [3.63, 3.8) is 0 Å². The van der Waals surface area contributed by atoms with Crippen LogP contribution in [0.25, 0.3) is 0 Å². The second kappa shape index (κ2) is 5.00. The molecule has 2 aromatic carbocycles. The van der Waals surface area contributed by atoms with Gasteiger partial charge in [-0.2, -0.15) is 0 Å². The van der Waals surface area contributed by atoms with Crippen LogP contribution >= 0.6 is 0 Å². The third-order valence-electron chi connectivity index (χ3n) is 3.89. The van der Waals surface area contributed by atoms with Gasteiger partial charge in [-0.3, -0.25) is 4.79 Å². The molecular weight excluding hydrogens is 248 g/mol. The van der Waals surface area contributed by atoms with E-state index in [1.165, 1.54) is 5.56 Å². The molecule has 0 radical (unpaired) electrons. The molecule has 0 aliphatic heterocycles. The van der Waals surface area contributed by atoms with Crippen molar-refractivity contribution in [1.29, 1.82) is 0 Å². The Balaban J connectivity index is 1.65. The number of amides is 1. The Hall–Kier alpha value is -2.29. The number of carbonyl (C=O) groups excluding carboxylic acids is 1. The lowest BCUT2D eigenvalue weighted by Crippen LogP contribution is -2.14. The van der Waals surface area contributed by atoms with Crippen molar-refractivity contribution in [1.82, 2.24) is 0 Å². The second-order valence-corrected chi connectivity index (χ2v) is 5.42. The topological polar surface area (TPSA) is 55.1 Å². The highest BCUT2D eigenvalue weighted by Gasteiger charge is 2.43. The summed E-state index contributed by atoms with van der Waals surface area (Å²) in [6.07, 6.45) is 0.934. The number of nitrogens with one attached hydrogen (secondary N) is 1. The molecule has 0 saturated heterocycles. The van der Waals surface area contributed by atoms with Crippen LogP contribution in [0.1, 0.15) is 23.5 Å². The zero-order chi connectivity index (χ0) is 14.1. The van der Waals surface area contributed by atoms with Gasteiger partial charge in [-0.25, -0.2) is 0 Å². The van der Waals surface area contributed by atoms with E-state index < -0.39 is 0 Å². The van der Waals surface area contributed by atoms with Crippen molar-refractivity contribution in [3.8, 4) is 0 Å². The SMILES string of the molecule is Cc1cc(NC(=O)C2CC2c2ccccc2)ccc1N. The summed E-state index contributed by atoms with van der Waals surface area (Å²) in [5, 5.41) is 2.98. The smallest absolute Gasteiger partial charge is 0.228 e. The molecule has 3 nitrogen and oxygen atoms in total. The van der Waals surface area contributed by atoms with E-state index in [-0.39, 0.29) is 11.8 Å². The first-order valence-corrected chi connectivity index (χ1v) is 6.87. The predicted molar refractivity (Wildman–Crippen MR) is 81.5 cm³/mol. The molecule has 20 heavy (non-hydrogen) atoms. The van der Waals surface area contributed by atoms with Crippen molar-refractivity contribution >= 4 is 17.3 Å². The van der Waals surface area contributed by atoms with Crippen molar-refractivity contribution in [2.24, 2.45) is 5.92 Å². The van der Waals surface area contributed by atoms with Gasteiger partial charge in [0, 0.05) is 17.3 Å². The number of anilines is 2. The van der Waals surface area contributed by atoms with Crippen molar-refractivity contribution < 1.29 is 4.79 Å². The highest BCUT2D eigenvalue weighted by atomic mass is 16.2. The molecule has 1 saturated carbocycles. The van der Waals surface area contributed by atoms with E-state index in [0.29, 0.717) is 5.92 Å². The van der Waals surface area contributed by atoms with E-state index in [1.807, 2.05) is 43.3 Å². The summed E-state index contributed by atoms with van der Waals surface area (Å²) in [5.74, 6) is 0.560. The van der Waals surface area contributed by atoms with Crippen LogP contribution in [0.15, 0.2) is 48.5 Å². The number of aryl methyl sites for hydroxylation is 1. The summed E-state index contributed by atoms with van der Waals surface area (Å²) >= 11 is 0. The van der Waals surface area contributed by atoms with Gasteiger partial charge in [0.2, 0.25) is 5.91 Å². The standard InChI is InChI=1S/C17H18N2O/c1-11-9-13(7-8-16(11)18)19-17(20)15-10-14(15)12-5-3-2-4-6-12/h2-9,14-15H,10,18H2,1H3,(H,19,20). The minimum Gasteiger partial charge on any atom is -0.399 e. The maximum absolute atomic E-state index is 12.2. The molecule has 0 bridgehead atoms. The Kier molecular flexibility index (Phi) is 3.18. The summed E-state index contributed by atoms with van der Waals surface area (Å²) in [7, 11) is 0. The van der Waals surface area contributed by atoms with Crippen LogP contribution in [-0.2, 0) is 4.79 Å². The molecule has 0 heterocycles. The molecule has 102 valence electrons. The summed E-state index contributed by atoms with van der Waals surface area (Å²) in [6, 6.07) is 15.8. The monoisotopic (exact) mass is 266 g/mol. The fourth-order valence-electron chi connectivity index (χ4n) is 2.54. The second-order valence-electron chi connectivity index (χ2n) is 5.42. The Morgan fingerprint density at radius 1 is 1.20 bits per heavy atom. The molecule has 1 aliphatic carbocycles. The summed E-state index contributed by atoms with van der Waals surface area (Å²) in [4.78, 5) is 12.2. The minimum atomic E-state index is 0.0928. The number of hydrogen-bond acceptors (Lipinski definition) is 2. The average molecular weight is 266 g/mol. The van der Waals surface area contributed by atoms with Gasteiger partial charge in [-0.05, 0) is 48.6 Å². The van der Waals surface area contributed by atoms with Crippen LogP contribution < -0.4 is 11.1 Å². The number of carbonyl (C=O) groups is 1. The van der Waals surface area contributed by atoms with Crippen LogP contribution in [0, 0.1) is 12.8 Å². The lowest BCUT2D eigenvalue weighted by atomic mass is 10.1. The van der Waals surface area contributed by atoms with Gasteiger partial charge >= 0.3 is 0 Å². The fraction of sp³-hybridized carbons (Fsp3) is 0.235. The Morgan fingerprint density at radius 2 is 1.95 bits per heavy atom. The Bertz CT molecular complexity index is 637. The molecule has 1 fully saturated rings. The van der Waals surface area contributed by atoms with Crippen LogP contribution in [0.5, 0.6) is 0 Å². The lowest BCUT2D eigenvalue weighted by Gasteiger charge is -2.07. The summed E-state index contributed by atoms with van der Waals surface area (Å²) in [5.41, 5.74) is 9.58. The number of nitrogens with two attached hydrogens (primary N) is 1. The Labute approximate surface area is 118 Å². The third-order valence-corrected chi connectivity index (χ3v) is 3.89. The van der Waals surface area contributed by atoms with Gasteiger partial charge in [-0.1, -0.05) is 30.3 Å². The number of nitrogen functional groups attached to an aromatic ring is 1. The third kappa shape index (κ3) is 2.52. The predicted octanol–water partition coefficient (Wildman–Crippen LogP) is 3.32. The largest absolute Gasteiger partial charge is 0.399 e. The van der Waals surface area contributed by atoms with E-state index in [9.17, 15) is 4.79 Å². The average Bonchev–Trinajstić information content (AvgIpc) is 3.24. The minimum absolute atomic E-state index is 0.0928. The van der Waals surface area contributed by atoms with Gasteiger partial charge in [0.25, 0.3) is 0 Å². The highest BCUT2D eigenvalue weighted by Crippen LogP contribution is 2.47. The quantitative estimate of drug-likeness (QED) is 0.837. The van der Waals surface area contributed by atoms with E-state index in [0.717, 1.165) is 23.4 Å². The van der Waals surface area contributed by atoms with Crippen LogP contribution in [0.2, 0.25) is 0 Å². The normalized spacial score (nSPS) is 20.4. The van der Waals surface area contributed by atoms with E-state index in [4.69, 9.17) is 5.73 Å². The molecule has 2 aromatic rings. The van der Waals surface area contributed by atoms with E-state index in [1.54, 1.807) is 0 Å². The molecule has 0 spiro atoms. The van der Waals surface area contributed by atoms with Crippen molar-refractivity contribution in [2.75, 3.05) is 11.1 Å². The fourth-order valence-corrected chi connectivity index (χ4v) is 2.54. The number of benzene rings is 2. The molecule has 2 unspecified atom stereocenters. The van der Waals surface area contributed by atoms with Gasteiger partial charge in [0.05, 0.1) is 0 Å². The molecule has 2 atom stereocenters. The van der Waals surface area contributed by atoms with Gasteiger partial charge in [0.15, 0.2) is 0 Å². The van der Waals surface area contributed by atoms with Crippen molar-refractivity contribution in [3.05, 3.63) is 59.7 Å². The van der Waals surface area contributed by atoms with Gasteiger partial charge < -0.3 is 11.1 Å². The zero-order valence-electron chi connectivity index (χ0n) is 11.5. The van der Waals surface area contributed by atoms with E-state index in [2.05, 4.69) is 17.4 Å². The van der Waals surface area contributed by atoms with Gasteiger partial charge in [-0.15, -0.1) is 0 Å². The number of hydrogen-bond donors (Lipinski definition) is 2. The van der Waals surface area contributed by atoms with Gasteiger partial charge in [0.1, 0.15) is 0 Å². The first-order chi connectivity index (χ1) is 9.65. The molecule has 1 aliphatic rings. The first kappa shape index (κ1) is 12.7. The molecule has 3 heteroatoms. The summed E-state index contributed by atoms with van der Waals surface area (Å²) < 4.78 is 0. The molecular formula is C17H18N2O.